The zero-order valence-corrected chi connectivity index (χ0v) is 13.3. The van der Waals surface area contributed by atoms with E-state index >= 15 is 0 Å². The van der Waals surface area contributed by atoms with E-state index in [1.54, 1.807) is 13.0 Å². The fourth-order valence-corrected chi connectivity index (χ4v) is 4.26. The highest BCUT2D eigenvalue weighted by atomic mass is 16.6. The van der Waals surface area contributed by atoms with E-state index in [1.165, 1.54) is 18.6 Å². The van der Waals surface area contributed by atoms with E-state index in [-0.39, 0.29) is 23.7 Å². The van der Waals surface area contributed by atoms with Crippen molar-refractivity contribution in [2.24, 2.45) is 17.6 Å². The highest BCUT2D eigenvalue weighted by Gasteiger charge is 2.40. The number of non-ortho nitro benzene ring substituents is 1. The number of nitrogens with two attached hydrogens (primary N) is 1. The van der Waals surface area contributed by atoms with Crippen LogP contribution < -0.4 is 11.1 Å². The molecule has 3 N–H and O–H groups in total. The molecule has 2 aliphatic carbocycles. The summed E-state index contributed by atoms with van der Waals surface area (Å²) < 4.78 is 0. The maximum Gasteiger partial charge on any atom is 0.270 e. The van der Waals surface area contributed by atoms with E-state index in [4.69, 9.17) is 5.73 Å². The fourth-order valence-electron chi connectivity index (χ4n) is 4.26. The van der Waals surface area contributed by atoms with E-state index in [1.807, 2.05) is 0 Å². The summed E-state index contributed by atoms with van der Waals surface area (Å²) in [6, 6.07) is 4.92. The van der Waals surface area contributed by atoms with Crippen molar-refractivity contribution in [3.05, 3.63) is 39.4 Å². The van der Waals surface area contributed by atoms with Gasteiger partial charge in [0.15, 0.2) is 0 Å². The zero-order valence-electron chi connectivity index (χ0n) is 13.3. The number of nitro groups is 1. The molecular weight excluding hydrogens is 294 g/mol. The lowest BCUT2D eigenvalue weighted by Crippen LogP contribution is -2.53. The third-order valence-corrected chi connectivity index (χ3v) is 5.21. The van der Waals surface area contributed by atoms with Crippen molar-refractivity contribution >= 4 is 11.6 Å². The summed E-state index contributed by atoms with van der Waals surface area (Å²) in [4.78, 5) is 23.1. The summed E-state index contributed by atoms with van der Waals surface area (Å²) in [5.41, 5.74) is 7.16. The van der Waals surface area contributed by atoms with Gasteiger partial charge < -0.3 is 11.1 Å². The number of nitrogens with one attached hydrogen (secondary N) is 1. The maximum absolute atomic E-state index is 12.6. The first kappa shape index (κ1) is 15.9. The van der Waals surface area contributed by atoms with Crippen LogP contribution in [0.4, 0.5) is 5.69 Å². The highest BCUT2D eigenvalue weighted by molar-refractivity contribution is 5.95. The molecule has 0 aromatic heterocycles. The lowest BCUT2D eigenvalue weighted by molar-refractivity contribution is -0.384. The summed E-state index contributed by atoms with van der Waals surface area (Å²) in [5, 5.41) is 14.1. The molecule has 2 atom stereocenters. The van der Waals surface area contributed by atoms with Crippen molar-refractivity contribution in [1.82, 2.24) is 5.32 Å². The number of carbonyl (C=O) groups is 1. The van der Waals surface area contributed by atoms with Crippen LogP contribution in [0.5, 0.6) is 0 Å². The van der Waals surface area contributed by atoms with Gasteiger partial charge in [-0.3, -0.25) is 14.9 Å². The zero-order chi connectivity index (χ0) is 16.6. The molecule has 1 aromatic carbocycles. The quantitative estimate of drug-likeness (QED) is 0.661. The summed E-state index contributed by atoms with van der Waals surface area (Å²) >= 11 is 0. The van der Waals surface area contributed by atoms with Gasteiger partial charge in [0, 0.05) is 29.8 Å². The van der Waals surface area contributed by atoms with Crippen LogP contribution in [0.2, 0.25) is 0 Å². The number of rotatable bonds is 3. The van der Waals surface area contributed by atoms with Crippen molar-refractivity contribution in [2.75, 3.05) is 0 Å². The van der Waals surface area contributed by atoms with Crippen LogP contribution >= 0.6 is 0 Å². The van der Waals surface area contributed by atoms with Crippen LogP contribution in [-0.4, -0.2) is 22.9 Å². The van der Waals surface area contributed by atoms with E-state index in [9.17, 15) is 14.9 Å². The highest BCUT2D eigenvalue weighted by Crippen LogP contribution is 2.39. The van der Waals surface area contributed by atoms with Crippen LogP contribution in [0.1, 0.15) is 48.0 Å². The normalized spacial score (nSPS) is 29.8. The molecule has 6 nitrogen and oxygen atoms in total. The number of hydrogen-bond donors (Lipinski definition) is 2. The van der Waals surface area contributed by atoms with E-state index in [2.05, 4.69) is 5.32 Å². The molecule has 2 saturated carbocycles. The Morgan fingerprint density at radius 3 is 2.52 bits per heavy atom. The Hall–Kier alpha value is -1.95. The number of carbonyl (C=O) groups excluding carboxylic acids is 1. The van der Waals surface area contributed by atoms with Gasteiger partial charge in [0.05, 0.1) is 4.92 Å². The first-order valence-corrected chi connectivity index (χ1v) is 8.26. The second-order valence-corrected chi connectivity index (χ2v) is 7.00. The Balaban J connectivity index is 1.78. The number of hydrogen-bond acceptors (Lipinski definition) is 4. The Kier molecular flexibility index (Phi) is 4.35. The molecule has 1 aromatic rings. The molecule has 2 bridgehead atoms. The molecular formula is C17H23N3O3. The minimum atomic E-state index is -0.460. The van der Waals surface area contributed by atoms with Gasteiger partial charge >= 0.3 is 0 Å². The molecule has 2 aliphatic rings. The van der Waals surface area contributed by atoms with E-state index in [0.29, 0.717) is 17.4 Å². The van der Waals surface area contributed by atoms with Crippen LogP contribution in [0.25, 0.3) is 0 Å². The Morgan fingerprint density at radius 2 is 1.91 bits per heavy atom. The molecule has 3 rings (SSSR count). The topological polar surface area (TPSA) is 98.3 Å². The van der Waals surface area contributed by atoms with Gasteiger partial charge in [-0.1, -0.05) is 6.42 Å². The third-order valence-electron chi connectivity index (χ3n) is 5.21. The predicted molar refractivity (Wildman–Crippen MR) is 87.1 cm³/mol. The minimum absolute atomic E-state index is 0.0407. The van der Waals surface area contributed by atoms with Gasteiger partial charge in [0.2, 0.25) is 0 Å². The van der Waals surface area contributed by atoms with Crippen LogP contribution in [0.3, 0.4) is 0 Å². The Bertz CT molecular complexity index is 618. The van der Waals surface area contributed by atoms with Crippen LogP contribution in [-0.2, 0) is 0 Å². The molecule has 0 heterocycles. The fraction of sp³-hybridized carbons (Fsp3) is 0.588. The van der Waals surface area contributed by atoms with Gasteiger partial charge in [-0.25, -0.2) is 0 Å². The van der Waals surface area contributed by atoms with Crippen molar-refractivity contribution in [2.45, 2.75) is 51.1 Å². The predicted octanol–water partition coefficient (Wildman–Crippen LogP) is 2.54. The molecule has 0 radical (unpaired) electrons. The van der Waals surface area contributed by atoms with Crippen molar-refractivity contribution in [3.63, 3.8) is 0 Å². The largest absolute Gasteiger partial charge is 0.349 e. The smallest absolute Gasteiger partial charge is 0.270 e. The van der Waals surface area contributed by atoms with Crippen LogP contribution in [0, 0.1) is 28.9 Å². The minimum Gasteiger partial charge on any atom is -0.349 e. The molecule has 2 unspecified atom stereocenters. The molecule has 124 valence electrons. The number of amides is 1. The summed E-state index contributed by atoms with van der Waals surface area (Å²) in [6.45, 7) is 1.76. The second kappa shape index (κ2) is 6.28. The first-order valence-electron chi connectivity index (χ1n) is 8.26. The van der Waals surface area contributed by atoms with Gasteiger partial charge in [-0.15, -0.1) is 0 Å². The summed E-state index contributed by atoms with van der Waals surface area (Å²) in [5.74, 6) is 0.650. The van der Waals surface area contributed by atoms with Crippen LogP contribution in [0.15, 0.2) is 18.2 Å². The van der Waals surface area contributed by atoms with Crippen molar-refractivity contribution in [1.29, 1.82) is 0 Å². The molecule has 0 spiro atoms. The third kappa shape index (κ3) is 3.37. The molecule has 6 heteroatoms. The summed E-state index contributed by atoms with van der Waals surface area (Å²) in [7, 11) is 0. The maximum atomic E-state index is 12.6. The number of nitrogens with zero attached hydrogens (tertiary/aromatic N) is 1. The monoisotopic (exact) mass is 317 g/mol. The van der Waals surface area contributed by atoms with E-state index < -0.39 is 4.92 Å². The van der Waals surface area contributed by atoms with Gasteiger partial charge in [0.1, 0.15) is 0 Å². The Morgan fingerprint density at radius 1 is 1.26 bits per heavy atom. The summed E-state index contributed by atoms with van der Waals surface area (Å²) in [6.07, 6.45) is 5.31. The SMILES string of the molecule is Cc1cc(C(=O)NC2C3CCCC2CC(N)C3)cc([N+](=O)[O-])c1. The number of nitro benzene ring substituents is 1. The van der Waals surface area contributed by atoms with E-state index in [0.717, 1.165) is 31.2 Å². The molecule has 0 saturated heterocycles. The average Bonchev–Trinajstić information content (AvgIpc) is 2.47. The molecule has 0 aliphatic heterocycles. The van der Waals surface area contributed by atoms with Gasteiger partial charge in [-0.05, 0) is 56.1 Å². The standard InChI is InChI=1S/C17H23N3O3/c1-10-5-13(9-15(6-10)20(22)23)17(21)19-16-11-3-2-4-12(16)8-14(18)7-11/h5-6,9,11-12,14,16H,2-4,7-8,18H2,1H3,(H,19,21). The molecule has 2 fully saturated rings. The molecule has 23 heavy (non-hydrogen) atoms. The second-order valence-electron chi connectivity index (χ2n) is 7.00. The number of benzene rings is 1. The first-order chi connectivity index (χ1) is 10.9. The van der Waals surface area contributed by atoms with Crippen molar-refractivity contribution < 1.29 is 9.72 Å². The molecule has 1 amide bonds. The number of aryl methyl sites for hydroxylation is 1. The Labute approximate surface area is 135 Å². The van der Waals surface area contributed by atoms with Crippen molar-refractivity contribution in [3.8, 4) is 0 Å². The lowest BCUT2D eigenvalue weighted by Gasteiger charge is -2.45. The lowest BCUT2D eigenvalue weighted by atomic mass is 9.67. The van der Waals surface area contributed by atoms with Gasteiger partial charge in [0.25, 0.3) is 11.6 Å². The number of fused-ring (bicyclic) bond motifs is 2. The average molecular weight is 317 g/mol. The van der Waals surface area contributed by atoms with Gasteiger partial charge in [-0.2, -0.15) is 0 Å².